The van der Waals surface area contributed by atoms with E-state index < -0.39 is 13.5 Å². The van der Waals surface area contributed by atoms with Gasteiger partial charge >= 0.3 is 0 Å². The van der Waals surface area contributed by atoms with Gasteiger partial charge in [0, 0.05) is 34.1 Å². The van der Waals surface area contributed by atoms with E-state index in [2.05, 4.69) is 270 Å². The Morgan fingerprint density at radius 3 is 1.14 bits per heavy atom. The molecule has 0 saturated heterocycles. The summed E-state index contributed by atoms with van der Waals surface area (Å²) in [5.74, 6) is 0.567. The molecule has 0 amide bonds. The number of para-hydroxylation sites is 2. The first-order valence-corrected chi connectivity index (χ1v) is 28.7. The minimum absolute atomic E-state index is 0.283. The molecule has 2 nitrogen and oxygen atoms in total. The Labute approximate surface area is 415 Å². The van der Waals surface area contributed by atoms with Gasteiger partial charge in [-0.25, -0.2) is 0 Å². The molecule has 1 spiro atoms. The van der Waals surface area contributed by atoms with Gasteiger partial charge in [0.05, 0.1) is 13.5 Å². The van der Waals surface area contributed by atoms with E-state index in [1.165, 1.54) is 93.6 Å². The first-order chi connectivity index (χ1) is 33.9. The number of anilines is 6. The van der Waals surface area contributed by atoms with Gasteiger partial charge in [-0.15, -0.1) is 0 Å². The fourth-order valence-corrected chi connectivity index (χ4v) is 13.3. The van der Waals surface area contributed by atoms with E-state index in [9.17, 15) is 0 Å². The maximum absolute atomic E-state index is 2.59. The van der Waals surface area contributed by atoms with Crippen LogP contribution in [0.5, 0.6) is 0 Å². The quantitative estimate of drug-likeness (QED) is 0.133. The molecule has 12 rings (SSSR count). The van der Waals surface area contributed by atoms with Crippen molar-refractivity contribution in [2.24, 2.45) is 0 Å². The molecule has 0 fully saturated rings. The standard InChI is InChI=1S/C67H60N2Si/c1-43(2)57-41-61-62-42-58(44(3)4)60-40-51(69(47-21-13-10-14-22-47)49-31-35-52(36-32-49)70(6,7)8)34-38-56(60)66(62)67(63-25-17-15-23-53(63)54-24-16-18-26-64(54)67)65(61)55-37-33-50(39-59(55)57)68(46-19-11-9-12-20-46)48-29-27-45(5)28-30-48/h9-44H,1-8H3. The largest absolute Gasteiger partial charge is 0.310 e. The van der Waals surface area contributed by atoms with Crippen molar-refractivity contribution in [3.8, 4) is 22.3 Å². The zero-order valence-corrected chi connectivity index (χ0v) is 42.7. The van der Waals surface area contributed by atoms with Gasteiger partial charge in [-0.05, 0) is 181 Å². The van der Waals surface area contributed by atoms with Crippen LogP contribution >= 0.6 is 0 Å². The molecule has 0 radical (unpaired) electrons. The zero-order chi connectivity index (χ0) is 48.1. The van der Waals surface area contributed by atoms with Crippen LogP contribution in [0.4, 0.5) is 34.1 Å². The van der Waals surface area contributed by atoms with Gasteiger partial charge in [0.25, 0.3) is 0 Å². The predicted molar refractivity (Wildman–Crippen MR) is 303 cm³/mol. The van der Waals surface area contributed by atoms with E-state index in [0.29, 0.717) is 0 Å². The summed E-state index contributed by atoms with van der Waals surface area (Å²) < 4.78 is 0. The zero-order valence-electron chi connectivity index (χ0n) is 41.7. The summed E-state index contributed by atoms with van der Waals surface area (Å²) in [6.45, 7) is 18.9. The van der Waals surface area contributed by atoms with E-state index in [-0.39, 0.29) is 11.8 Å². The number of benzene rings is 10. The van der Waals surface area contributed by atoms with Gasteiger partial charge in [-0.2, -0.15) is 0 Å². The fraction of sp³-hybridized carbons (Fsp3) is 0.164. The number of aryl methyl sites for hydroxylation is 1. The molecular weight excluding hydrogens is 861 g/mol. The minimum Gasteiger partial charge on any atom is -0.310 e. The van der Waals surface area contributed by atoms with Crippen LogP contribution in [-0.4, -0.2) is 8.07 Å². The molecule has 0 saturated carbocycles. The van der Waals surface area contributed by atoms with E-state index in [4.69, 9.17) is 0 Å². The third kappa shape index (κ3) is 6.73. The van der Waals surface area contributed by atoms with Crippen LogP contribution < -0.4 is 15.0 Å². The molecule has 10 aromatic carbocycles. The molecule has 2 aliphatic carbocycles. The van der Waals surface area contributed by atoms with Crippen LogP contribution in [0.15, 0.2) is 206 Å². The van der Waals surface area contributed by atoms with E-state index in [0.717, 1.165) is 28.4 Å². The van der Waals surface area contributed by atoms with Crippen LogP contribution in [0.2, 0.25) is 19.6 Å². The molecule has 0 N–H and O–H groups in total. The van der Waals surface area contributed by atoms with Crippen molar-refractivity contribution in [2.45, 2.75) is 71.5 Å². The third-order valence-electron chi connectivity index (χ3n) is 15.4. The molecule has 2 aliphatic rings. The summed E-state index contributed by atoms with van der Waals surface area (Å²) in [5, 5.41) is 6.72. The molecule has 0 aromatic heterocycles. The minimum atomic E-state index is -1.50. The van der Waals surface area contributed by atoms with Crippen molar-refractivity contribution in [3.63, 3.8) is 0 Å². The SMILES string of the molecule is Cc1ccc(N(c2ccccc2)c2ccc3c4c(cc(C(C)C)c3c2)-c2cc(C(C)C)c3cc(N(c5ccccc5)c5ccc([Si](C)(C)C)cc5)ccc3c2C42c3ccccc3-c3ccccc32)cc1. The molecule has 10 aromatic rings. The van der Waals surface area contributed by atoms with E-state index in [1.54, 1.807) is 0 Å². The molecule has 0 heterocycles. The molecular formula is C67H60N2Si. The van der Waals surface area contributed by atoms with Crippen LogP contribution in [0.3, 0.4) is 0 Å². The van der Waals surface area contributed by atoms with Gasteiger partial charge in [-0.3, -0.25) is 0 Å². The lowest BCUT2D eigenvalue weighted by Gasteiger charge is -2.34. The van der Waals surface area contributed by atoms with Gasteiger partial charge < -0.3 is 9.80 Å². The average molecular weight is 921 g/mol. The second-order valence-corrected chi connectivity index (χ2v) is 26.4. The Morgan fingerprint density at radius 2 is 0.729 bits per heavy atom. The number of hydrogen-bond acceptors (Lipinski definition) is 2. The molecule has 70 heavy (non-hydrogen) atoms. The van der Waals surface area contributed by atoms with E-state index in [1.807, 2.05) is 0 Å². The monoisotopic (exact) mass is 920 g/mol. The Kier molecular flexibility index (Phi) is 10.4. The highest BCUT2D eigenvalue weighted by molar-refractivity contribution is 6.88. The van der Waals surface area contributed by atoms with Crippen molar-refractivity contribution in [2.75, 3.05) is 9.80 Å². The average Bonchev–Trinajstić information content (AvgIpc) is 3.84. The lowest BCUT2D eigenvalue weighted by molar-refractivity contribution is 0.806. The van der Waals surface area contributed by atoms with Crippen LogP contribution in [0.1, 0.15) is 78.5 Å². The van der Waals surface area contributed by atoms with Crippen molar-refractivity contribution >= 4 is 68.9 Å². The highest BCUT2D eigenvalue weighted by Crippen LogP contribution is 2.66. The predicted octanol–water partition coefficient (Wildman–Crippen LogP) is 18.4. The molecule has 0 unspecified atom stereocenters. The molecule has 342 valence electrons. The highest BCUT2D eigenvalue weighted by Gasteiger charge is 2.53. The lowest BCUT2D eigenvalue weighted by atomic mass is 9.67. The second kappa shape index (κ2) is 16.6. The summed E-state index contributed by atoms with van der Waals surface area (Å²) in [6, 6.07) is 78.5. The molecule has 0 atom stereocenters. The first kappa shape index (κ1) is 43.8. The fourth-order valence-electron chi connectivity index (χ4n) is 12.1. The summed E-state index contributed by atoms with van der Waals surface area (Å²) in [7, 11) is -1.50. The van der Waals surface area contributed by atoms with Crippen molar-refractivity contribution in [3.05, 3.63) is 245 Å². The molecule has 3 heteroatoms. The number of rotatable bonds is 9. The highest BCUT2D eigenvalue weighted by atomic mass is 28.3. The van der Waals surface area contributed by atoms with Gasteiger partial charge in [0.1, 0.15) is 0 Å². The molecule has 0 bridgehead atoms. The van der Waals surface area contributed by atoms with Gasteiger partial charge in [-0.1, -0.05) is 179 Å². The maximum atomic E-state index is 2.59. The Hall–Kier alpha value is -7.46. The number of nitrogens with zero attached hydrogens (tertiary/aromatic N) is 2. The second-order valence-electron chi connectivity index (χ2n) is 21.4. The first-order valence-electron chi connectivity index (χ1n) is 25.2. The number of hydrogen-bond donors (Lipinski definition) is 0. The summed E-state index contributed by atoms with van der Waals surface area (Å²) in [5.41, 5.74) is 21.2. The van der Waals surface area contributed by atoms with Crippen molar-refractivity contribution < 1.29 is 0 Å². The normalized spacial score (nSPS) is 13.2. The van der Waals surface area contributed by atoms with Crippen molar-refractivity contribution in [1.29, 1.82) is 0 Å². The Balaban J connectivity index is 1.16. The lowest BCUT2D eigenvalue weighted by Crippen LogP contribution is -2.37. The maximum Gasteiger partial charge on any atom is 0.0775 e. The topological polar surface area (TPSA) is 6.48 Å². The van der Waals surface area contributed by atoms with Crippen molar-refractivity contribution in [1.82, 2.24) is 0 Å². The summed E-state index contributed by atoms with van der Waals surface area (Å²) >= 11 is 0. The Morgan fingerprint density at radius 1 is 0.357 bits per heavy atom. The smallest absolute Gasteiger partial charge is 0.0775 e. The summed E-state index contributed by atoms with van der Waals surface area (Å²) in [6.07, 6.45) is 0. The third-order valence-corrected chi connectivity index (χ3v) is 17.4. The van der Waals surface area contributed by atoms with Crippen LogP contribution in [0, 0.1) is 6.92 Å². The molecule has 0 aliphatic heterocycles. The van der Waals surface area contributed by atoms with Crippen LogP contribution in [0.25, 0.3) is 43.8 Å². The van der Waals surface area contributed by atoms with E-state index >= 15 is 0 Å². The number of fused-ring (bicyclic) bond motifs is 14. The van der Waals surface area contributed by atoms with Crippen LogP contribution in [-0.2, 0) is 5.41 Å². The summed E-state index contributed by atoms with van der Waals surface area (Å²) in [4.78, 5) is 4.87. The van der Waals surface area contributed by atoms with Gasteiger partial charge in [0.2, 0.25) is 0 Å². The van der Waals surface area contributed by atoms with Gasteiger partial charge in [0.15, 0.2) is 0 Å². The Bertz CT molecular complexity index is 3590.